The molecule has 1 aliphatic heterocycles. The lowest BCUT2D eigenvalue weighted by atomic mass is 9.86. The topological polar surface area (TPSA) is 67.9 Å². The number of nitrogens with zero attached hydrogens (tertiary/aromatic N) is 1. The summed E-state index contributed by atoms with van der Waals surface area (Å²) >= 11 is 0. The number of nitrogens with one attached hydrogen (secondary N) is 1. The Kier molecular flexibility index (Phi) is 7.30. The largest absolute Gasteiger partial charge is 0.492 e. The maximum atomic E-state index is 12.4. The number of aryl methyl sites for hydroxylation is 1. The van der Waals surface area contributed by atoms with Crippen molar-refractivity contribution in [1.82, 2.24) is 0 Å². The van der Waals surface area contributed by atoms with Crippen LogP contribution in [0.15, 0.2) is 42.5 Å². The van der Waals surface area contributed by atoms with Crippen molar-refractivity contribution in [2.45, 2.75) is 51.9 Å². The van der Waals surface area contributed by atoms with E-state index in [-0.39, 0.29) is 18.4 Å². The summed E-state index contributed by atoms with van der Waals surface area (Å²) in [7, 11) is 0. The van der Waals surface area contributed by atoms with E-state index in [4.69, 9.17) is 9.47 Å². The highest BCUT2D eigenvalue weighted by Crippen LogP contribution is 2.35. The van der Waals surface area contributed by atoms with Crippen LogP contribution in [0.25, 0.3) is 0 Å². The van der Waals surface area contributed by atoms with Gasteiger partial charge in [0.15, 0.2) is 6.61 Å². The summed E-state index contributed by atoms with van der Waals surface area (Å²) < 4.78 is 11.5. The van der Waals surface area contributed by atoms with Crippen LogP contribution in [0.1, 0.15) is 50.5 Å². The van der Waals surface area contributed by atoms with E-state index in [1.807, 2.05) is 43.3 Å². The molecule has 2 amide bonds. The van der Waals surface area contributed by atoms with Crippen LogP contribution in [-0.2, 0) is 9.59 Å². The summed E-state index contributed by atoms with van der Waals surface area (Å²) in [6.45, 7) is 2.81. The molecule has 0 saturated heterocycles. The number of hydrogen-bond acceptors (Lipinski definition) is 4. The van der Waals surface area contributed by atoms with Gasteiger partial charge in [-0.05, 0) is 49.1 Å². The maximum absolute atomic E-state index is 12.4. The van der Waals surface area contributed by atoms with Crippen LogP contribution in [0.2, 0.25) is 0 Å². The van der Waals surface area contributed by atoms with Gasteiger partial charge in [-0.25, -0.2) is 0 Å². The lowest BCUT2D eigenvalue weighted by molar-refractivity contribution is -0.121. The molecule has 0 unspecified atom stereocenters. The van der Waals surface area contributed by atoms with Gasteiger partial charge in [0.2, 0.25) is 5.91 Å². The van der Waals surface area contributed by atoms with Gasteiger partial charge in [-0.3, -0.25) is 9.59 Å². The van der Waals surface area contributed by atoms with Crippen LogP contribution in [-0.4, -0.2) is 31.6 Å². The minimum atomic E-state index is -0.102. The molecule has 32 heavy (non-hydrogen) atoms. The van der Waals surface area contributed by atoms with Crippen molar-refractivity contribution in [2.75, 3.05) is 30.0 Å². The Morgan fingerprint density at radius 1 is 1.16 bits per heavy atom. The van der Waals surface area contributed by atoms with Crippen molar-refractivity contribution in [2.24, 2.45) is 5.92 Å². The van der Waals surface area contributed by atoms with Crippen molar-refractivity contribution in [3.05, 3.63) is 48.0 Å². The highest BCUT2D eigenvalue weighted by Gasteiger charge is 2.26. The minimum absolute atomic E-state index is 0.0173. The molecule has 0 bridgehead atoms. The van der Waals surface area contributed by atoms with E-state index in [0.717, 1.165) is 17.7 Å². The van der Waals surface area contributed by atoms with Gasteiger partial charge in [-0.15, -0.1) is 0 Å². The number of fused-ring (bicyclic) bond motifs is 1. The molecule has 0 atom stereocenters. The Hall–Kier alpha value is -3.02. The third-order valence-electron chi connectivity index (χ3n) is 6.26. The van der Waals surface area contributed by atoms with Crippen molar-refractivity contribution >= 4 is 23.2 Å². The van der Waals surface area contributed by atoms with Gasteiger partial charge < -0.3 is 19.7 Å². The Bertz CT molecular complexity index is 953. The van der Waals surface area contributed by atoms with Crippen LogP contribution in [0.4, 0.5) is 11.4 Å². The summed E-state index contributed by atoms with van der Waals surface area (Å²) in [6.07, 6.45) is 7.91. The molecular weight excluding hydrogens is 404 g/mol. The lowest BCUT2D eigenvalue weighted by Crippen LogP contribution is -2.41. The maximum Gasteiger partial charge on any atom is 0.265 e. The smallest absolute Gasteiger partial charge is 0.265 e. The molecule has 2 aromatic carbocycles. The summed E-state index contributed by atoms with van der Waals surface area (Å²) in [5.41, 5.74) is 2.53. The standard InChI is InChI=1S/C26H32N2O4/c1-19-6-5-9-22(16-19)31-15-14-28-23-12-11-21(17-24(23)32-18-26(28)30)27-25(29)13-10-20-7-3-2-4-8-20/h5-6,9,11-12,16-17,20H,2-4,7-8,10,13-15,18H2,1H3,(H,27,29). The number of ether oxygens (including phenoxy) is 2. The molecule has 0 aromatic heterocycles. The first kappa shape index (κ1) is 22.2. The quantitative estimate of drug-likeness (QED) is 0.625. The zero-order chi connectivity index (χ0) is 22.3. The van der Waals surface area contributed by atoms with Crippen molar-refractivity contribution < 1.29 is 19.1 Å². The van der Waals surface area contributed by atoms with Crippen LogP contribution < -0.4 is 19.7 Å². The number of carbonyl (C=O) groups excluding carboxylic acids is 2. The molecule has 1 fully saturated rings. The molecule has 1 saturated carbocycles. The van der Waals surface area contributed by atoms with Crippen LogP contribution in [0.5, 0.6) is 11.5 Å². The summed E-state index contributed by atoms with van der Waals surface area (Å²) in [5, 5.41) is 2.98. The summed E-state index contributed by atoms with van der Waals surface area (Å²) in [4.78, 5) is 26.5. The van der Waals surface area contributed by atoms with E-state index in [9.17, 15) is 9.59 Å². The average molecular weight is 437 g/mol. The molecule has 6 heteroatoms. The molecule has 1 N–H and O–H groups in total. The Labute approximate surface area is 189 Å². The van der Waals surface area contributed by atoms with E-state index >= 15 is 0 Å². The van der Waals surface area contributed by atoms with Gasteiger partial charge in [0.25, 0.3) is 5.91 Å². The molecule has 0 radical (unpaired) electrons. The third kappa shape index (κ3) is 5.81. The summed E-state index contributed by atoms with van der Waals surface area (Å²) in [6, 6.07) is 13.3. The molecule has 2 aliphatic rings. The minimum Gasteiger partial charge on any atom is -0.492 e. The first-order valence-corrected chi connectivity index (χ1v) is 11.6. The molecule has 1 heterocycles. The van der Waals surface area contributed by atoms with E-state index in [2.05, 4.69) is 5.32 Å². The highest BCUT2D eigenvalue weighted by atomic mass is 16.5. The van der Waals surface area contributed by atoms with Crippen molar-refractivity contribution in [3.63, 3.8) is 0 Å². The molecule has 4 rings (SSSR count). The lowest BCUT2D eigenvalue weighted by Gasteiger charge is -2.29. The number of benzene rings is 2. The number of amides is 2. The van der Waals surface area contributed by atoms with Gasteiger partial charge in [-0.2, -0.15) is 0 Å². The van der Waals surface area contributed by atoms with Gasteiger partial charge in [0.05, 0.1) is 12.2 Å². The predicted octanol–water partition coefficient (Wildman–Crippen LogP) is 5.10. The van der Waals surface area contributed by atoms with Gasteiger partial charge in [0, 0.05) is 18.2 Å². The van der Waals surface area contributed by atoms with Crippen LogP contribution in [0.3, 0.4) is 0 Å². The number of anilines is 2. The second kappa shape index (κ2) is 10.5. The molecule has 6 nitrogen and oxygen atoms in total. The van der Waals surface area contributed by atoms with Crippen LogP contribution in [0, 0.1) is 12.8 Å². The molecule has 2 aromatic rings. The van der Waals surface area contributed by atoms with Crippen molar-refractivity contribution in [1.29, 1.82) is 0 Å². The van der Waals surface area contributed by atoms with Crippen molar-refractivity contribution in [3.8, 4) is 11.5 Å². The van der Waals surface area contributed by atoms with E-state index in [0.29, 0.717) is 42.6 Å². The number of hydrogen-bond donors (Lipinski definition) is 1. The normalized spacial score (nSPS) is 16.3. The summed E-state index contributed by atoms with van der Waals surface area (Å²) in [5.74, 6) is 2.01. The predicted molar refractivity (Wildman–Crippen MR) is 125 cm³/mol. The molecule has 0 spiro atoms. The van der Waals surface area contributed by atoms with Gasteiger partial charge in [-0.1, -0.05) is 44.2 Å². The first-order valence-electron chi connectivity index (χ1n) is 11.6. The zero-order valence-corrected chi connectivity index (χ0v) is 18.8. The number of rotatable bonds is 8. The SMILES string of the molecule is Cc1cccc(OCCN2C(=O)COc3cc(NC(=O)CCC4CCCCC4)ccc32)c1. The molecular formula is C26H32N2O4. The fourth-order valence-corrected chi connectivity index (χ4v) is 4.52. The Balaban J connectivity index is 1.32. The molecule has 1 aliphatic carbocycles. The Morgan fingerprint density at radius 3 is 2.81 bits per heavy atom. The molecule has 170 valence electrons. The van der Waals surface area contributed by atoms with Gasteiger partial charge in [0.1, 0.15) is 18.1 Å². The highest BCUT2D eigenvalue weighted by molar-refractivity contribution is 5.99. The van der Waals surface area contributed by atoms with Crippen LogP contribution >= 0.6 is 0 Å². The third-order valence-corrected chi connectivity index (χ3v) is 6.26. The average Bonchev–Trinajstić information content (AvgIpc) is 2.80. The Morgan fingerprint density at radius 2 is 2.00 bits per heavy atom. The second-order valence-electron chi connectivity index (χ2n) is 8.77. The fourth-order valence-electron chi connectivity index (χ4n) is 4.52. The van der Waals surface area contributed by atoms with E-state index in [1.165, 1.54) is 32.1 Å². The fraction of sp³-hybridized carbons (Fsp3) is 0.462. The van der Waals surface area contributed by atoms with Gasteiger partial charge >= 0.3 is 0 Å². The zero-order valence-electron chi connectivity index (χ0n) is 18.8. The monoisotopic (exact) mass is 436 g/mol. The van der Waals surface area contributed by atoms with E-state index in [1.54, 1.807) is 11.0 Å². The second-order valence-corrected chi connectivity index (χ2v) is 8.77. The van der Waals surface area contributed by atoms with E-state index < -0.39 is 0 Å². The first-order chi connectivity index (χ1) is 15.6. The number of carbonyl (C=O) groups is 2.